The summed E-state index contributed by atoms with van der Waals surface area (Å²) >= 11 is 0. The Bertz CT molecular complexity index is 457. The maximum absolute atomic E-state index is 9.57. The average molecular weight is 293 g/mol. The molecule has 5 nitrogen and oxygen atoms in total. The summed E-state index contributed by atoms with van der Waals surface area (Å²) in [5.41, 5.74) is 7.63. The SMILES string of the molecule is COc1cc(N)ccc1N1CCC(N[C@@H](C)C(C)O)CC1. The zero-order chi connectivity index (χ0) is 15.4. The van der Waals surface area contributed by atoms with Crippen molar-refractivity contribution in [2.45, 2.75) is 44.9 Å². The summed E-state index contributed by atoms with van der Waals surface area (Å²) < 4.78 is 5.43. The molecule has 2 rings (SSSR count). The average Bonchev–Trinajstić information content (AvgIpc) is 2.48. The topological polar surface area (TPSA) is 70.8 Å². The summed E-state index contributed by atoms with van der Waals surface area (Å²) in [7, 11) is 1.68. The fraction of sp³-hybridized carbons (Fsp3) is 0.625. The minimum atomic E-state index is -0.319. The van der Waals surface area contributed by atoms with E-state index in [0.29, 0.717) is 6.04 Å². The Morgan fingerprint density at radius 2 is 2.00 bits per heavy atom. The second-order valence-corrected chi connectivity index (χ2v) is 5.89. The van der Waals surface area contributed by atoms with E-state index in [9.17, 15) is 5.11 Å². The highest BCUT2D eigenvalue weighted by Crippen LogP contribution is 2.32. The molecule has 1 unspecified atom stereocenters. The fourth-order valence-electron chi connectivity index (χ4n) is 2.75. The molecule has 0 spiro atoms. The van der Waals surface area contributed by atoms with Gasteiger partial charge in [0.15, 0.2) is 0 Å². The van der Waals surface area contributed by atoms with Gasteiger partial charge in [0.25, 0.3) is 0 Å². The van der Waals surface area contributed by atoms with Crippen molar-refractivity contribution in [3.8, 4) is 5.75 Å². The third-order valence-electron chi connectivity index (χ3n) is 4.26. The lowest BCUT2D eigenvalue weighted by molar-refractivity contribution is 0.142. The van der Waals surface area contributed by atoms with Crippen molar-refractivity contribution >= 4 is 11.4 Å². The van der Waals surface area contributed by atoms with Crippen LogP contribution in [0.25, 0.3) is 0 Å². The smallest absolute Gasteiger partial charge is 0.144 e. The van der Waals surface area contributed by atoms with Crippen LogP contribution in [0, 0.1) is 0 Å². The van der Waals surface area contributed by atoms with Crippen LogP contribution in [0.5, 0.6) is 5.75 Å². The quantitative estimate of drug-likeness (QED) is 0.719. The van der Waals surface area contributed by atoms with Crippen LogP contribution in [0.1, 0.15) is 26.7 Å². The van der Waals surface area contributed by atoms with Gasteiger partial charge >= 0.3 is 0 Å². The standard InChI is InChI=1S/C16H27N3O2/c1-11(12(2)20)18-14-6-8-19(9-7-14)15-5-4-13(17)10-16(15)21-3/h4-5,10-12,14,18,20H,6-9,17H2,1-3H3/t11-,12?/m0/s1. The number of rotatable bonds is 5. The first-order valence-electron chi connectivity index (χ1n) is 7.64. The van der Waals surface area contributed by atoms with Gasteiger partial charge in [0, 0.05) is 36.9 Å². The van der Waals surface area contributed by atoms with Gasteiger partial charge in [-0.2, -0.15) is 0 Å². The highest BCUT2D eigenvalue weighted by atomic mass is 16.5. The van der Waals surface area contributed by atoms with Gasteiger partial charge in [-0.3, -0.25) is 0 Å². The van der Waals surface area contributed by atoms with E-state index in [-0.39, 0.29) is 12.1 Å². The maximum atomic E-state index is 9.57. The van der Waals surface area contributed by atoms with Crippen LogP contribution in [-0.4, -0.2) is 43.5 Å². The van der Waals surface area contributed by atoms with Crippen molar-refractivity contribution in [2.75, 3.05) is 30.8 Å². The highest BCUT2D eigenvalue weighted by molar-refractivity contribution is 5.64. The molecule has 0 radical (unpaired) electrons. The summed E-state index contributed by atoms with van der Waals surface area (Å²) in [5, 5.41) is 13.1. The fourth-order valence-corrected chi connectivity index (χ4v) is 2.75. The number of aliphatic hydroxyl groups excluding tert-OH is 1. The Labute approximate surface area is 127 Å². The predicted molar refractivity (Wildman–Crippen MR) is 86.9 cm³/mol. The Morgan fingerprint density at radius 1 is 1.33 bits per heavy atom. The number of ether oxygens (including phenoxy) is 1. The number of aliphatic hydroxyl groups is 1. The molecule has 2 atom stereocenters. The summed E-state index contributed by atoms with van der Waals surface area (Å²) in [5.74, 6) is 0.832. The molecule has 1 aromatic rings. The van der Waals surface area contributed by atoms with Crippen molar-refractivity contribution in [1.82, 2.24) is 5.32 Å². The molecule has 5 heteroatoms. The second kappa shape index (κ2) is 7.00. The summed E-state index contributed by atoms with van der Waals surface area (Å²) in [4.78, 5) is 2.34. The Kier molecular flexibility index (Phi) is 5.31. The minimum Gasteiger partial charge on any atom is -0.495 e. The molecule has 118 valence electrons. The molecule has 0 bridgehead atoms. The van der Waals surface area contributed by atoms with Crippen LogP contribution in [0.15, 0.2) is 18.2 Å². The third-order valence-corrected chi connectivity index (χ3v) is 4.26. The second-order valence-electron chi connectivity index (χ2n) is 5.89. The molecule has 21 heavy (non-hydrogen) atoms. The first kappa shape index (κ1) is 15.9. The van der Waals surface area contributed by atoms with Crippen molar-refractivity contribution in [1.29, 1.82) is 0 Å². The Hall–Kier alpha value is -1.46. The van der Waals surface area contributed by atoms with Crippen molar-refractivity contribution in [2.24, 2.45) is 0 Å². The number of nitrogens with two attached hydrogens (primary N) is 1. The first-order chi connectivity index (χ1) is 10.0. The molecule has 0 amide bonds. The normalized spacial score (nSPS) is 19.3. The summed E-state index contributed by atoms with van der Waals surface area (Å²) in [6.45, 7) is 5.81. The molecule has 1 fully saturated rings. The number of methoxy groups -OCH3 is 1. The van der Waals surface area contributed by atoms with Crippen LogP contribution in [0.3, 0.4) is 0 Å². The van der Waals surface area contributed by atoms with Gasteiger partial charge in [-0.05, 0) is 38.8 Å². The van der Waals surface area contributed by atoms with Gasteiger partial charge in [-0.25, -0.2) is 0 Å². The molecule has 0 aromatic heterocycles. The molecule has 1 aromatic carbocycles. The monoisotopic (exact) mass is 293 g/mol. The number of nitrogens with zero attached hydrogens (tertiary/aromatic N) is 1. The van der Waals surface area contributed by atoms with Crippen LogP contribution in [0.4, 0.5) is 11.4 Å². The zero-order valence-corrected chi connectivity index (χ0v) is 13.2. The van der Waals surface area contributed by atoms with Crippen molar-refractivity contribution in [3.05, 3.63) is 18.2 Å². The van der Waals surface area contributed by atoms with Gasteiger partial charge < -0.3 is 25.8 Å². The molecule has 4 N–H and O–H groups in total. The van der Waals surface area contributed by atoms with Gasteiger partial charge in [-0.15, -0.1) is 0 Å². The van der Waals surface area contributed by atoms with E-state index in [1.807, 2.05) is 32.0 Å². The first-order valence-corrected chi connectivity index (χ1v) is 7.64. The molecule has 1 heterocycles. The van der Waals surface area contributed by atoms with Gasteiger partial charge in [0.05, 0.1) is 18.9 Å². The number of hydrogen-bond acceptors (Lipinski definition) is 5. The minimum absolute atomic E-state index is 0.132. The van der Waals surface area contributed by atoms with Gasteiger partial charge in [0.1, 0.15) is 5.75 Å². The molecule has 1 aliphatic rings. The number of piperidine rings is 1. The number of hydrogen-bond donors (Lipinski definition) is 3. The molecule has 0 saturated carbocycles. The van der Waals surface area contributed by atoms with E-state index in [2.05, 4.69) is 10.2 Å². The van der Waals surface area contributed by atoms with Crippen molar-refractivity contribution in [3.63, 3.8) is 0 Å². The molecule has 0 aliphatic carbocycles. The van der Waals surface area contributed by atoms with Crippen LogP contribution < -0.4 is 20.7 Å². The molecule has 1 saturated heterocycles. The van der Waals surface area contributed by atoms with E-state index in [1.165, 1.54) is 0 Å². The van der Waals surface area contributed by atoms with E-state index < -0.39 is 0 Å². The van der Waals surface area contributed by atoms with Gasteiger partial charge in [0.2, 0.25) is 0 Å². The Morgan fingerprint density at radius 3 is 2.57 bits per heavy atom. The summed E-state index contributed by atoms with van der Waals surface area (Å²) in [6.07, 6.45) is 1.80. The zero-order valence-electron chi connectivity index (χ0n) is 13.2. The lowest BCUT2D eigenvalue weighted by Crippen LogP contribution is -2.48. The summed E-state index contributed by atoms with van der Waals surface area (Å²) in [6, 6.07) is 6.41. The lowest BCUT2D eigenvalue weighted by Gasteiger charge is -2.36. The van der Waals surface area contributed by atoms with E-state index in [1.54, 1.807) is 7.11 Å². The lowest BCUT2D eigenvalue weighted by atomic mass is 10.0. The van der Waals surface area contributed by atoms with Crippen molar-refractivity contribution < 1.29 is 9.84 Å². The number of anilines is 2. The maximum Gasteiger partial charge on any atom is 0.144 e. The van der Waals surface area contributed by atoms with Crippen LogP contribution in [0.2, 0.25) is 0 Å². The highest BCUT2D eigenvalue weighted by Gasteiger charge is 2.23. The number of nitrogen functional groups attached to an aromatic ring is 1. The molecule has 1 aliphatic heterocycles. The van der Waals surface area contributed by atoms with E-state index in [4.69, 9.17) is 10.5 Å². The largest absolute Gasteiger partial charge is 0.495 e. The Balaban J connectivity index is 1.95. The number of nitrogens with one attached hydrogen (secondary N) is 1. The van der Waals surface area contributed by atoms with Crippen LogP contribution in [-0.2, 0) is 0 Å². The van der Waals surface area contributed by atoms with E-state index in [0.717, 1.165) is 43.1 Å². The number of benzene rings is 1. The van der Waals surface area contributed by atoms with E-state index >= 15 is 0 Å². The molecular formula is C16H27N3O2. The third kappa shape index (κ3) is 4.02. The molecular weight excluding hydrogens is 266 g/mol. The van der Waals surface area contributed by atoms with Gasteiger partial charge in [-0.1, -0.05) is 0 Å². The predicted octanol–water partition coefficient (Wildman–Crippen LogP) is 1.61. The van der Waals surface area contributed by atoms with Crippen LogP contribution >= 0.6 is 0 Å².